The van der Waals surface area contributed by atoms with E-state index in [1.54, 1.807) is 31.6 Å². The van der Waals surface area contributed by atoms with Crippen LogP contribution >= 0.6 is 0 Å². The van der Waals surface area contributed by atoms with E-state index in [2.05, 4.69) is 9.97 Å². The van der Waals surface area contributed by atoms with Gasteiger partial charge in [0.05, 0.1) is 0 Å². The van der Waals surface area contributed by atoms with Crippen molar-refractivity contribution < 1.29 is 13.9 Å². The number of ether oxygens (including phenoxy) is 1. The maximum Gasteiger partial charge on any atom is 0.280 e. The number of anilines is 1. The molecule has 0 radical (unpaired) electrons. The average Bonchev–Trinajstić information content (AvgIpc) is 2.67. The highest BCUT2D eigenvalue weighted by molar-refractivity contribution is 6.06. The smallest absolute Gasteiger partial charge is 0.280 e. The molecule has 2 heterocycles. The summed E-state index contributed by atoms with van der Waals surface area (Å²) in [5, 5.41) is 0. The largest absolute Gasteiger partial charge is 0.486 e. The van der Waals surface area contributed by atoms with E-state index < -0.39 is 0 Å². The number of amides is 1. The summed E-state index contributed by atoms with van der Waals surface area (Å²) in [5.74, 6) is -0.306. The third-order valence-electron chi connectivity index (χ3n) is 3.64. The Morgan fingerprint density at radius 1 is 1.08 bits per heavy atom. The van der Waals surface area contributed by atoms with Crippen molar-refractivity contribution in [1.82, 2.24) is 9.97 Å². The summed E-state index contributed by atoms with van der Waals surface area (Å²) in [6.45, 7) is 0.300. The van der Waals surface area contributed by atoms with Gasteiger partial charge in [-0.25, -0.2) is 9.37 Å². The number of hydrogen-bond donors (Lipinski definition) is 0. The van der Waals surface area contributed by atoms with E-state index in [0.717, 1.165) is 5.56 Å². The van der Waals surface area contributed by atoms with Gasteiger partial charge in [-0.05, 0) is 54.1 Å². The van der Waals surface area contributed by atoms with Crippen LogP contribution in [0, 0.1) is 5.82 Å². The van der Waals surface area contributed by atoms with Crippen LogP contribution in [0.15, 0.2) is 67.1 Å². The standard InChI is InChI=1S/C19H16FN3O2/c1-23(16-6-4-15(20)5-7-16)19(24)18-17(3-2-10-22-18)25-13-14-8-11-21-12-9-14/h2-12H,13H2,1H3. The Hall–Kier alpha value is -3.28. The molecule has 1 amide bonds. The molecule has 0 saturated heterocycles. The number of carbonyl (C=O) groups excluding carboxylic acids is 1. The highest BCUT2D eigenvalue weighted by Crippen LogP contribution is 2.22. The predicted octanol–water partition coefficient (Wildman–Crippen LogP) is 3.47. The second-order valence-corrected chi connectivity index (χ2v) is 5.33. The molecule has 0 unspecified atom stereocenters. The van der Waals surface area contributed by atoms with Gasteiger partial charge in [-0.3, -0.25) is 9.78 Å². The van der Waals surface area contributed by atoms with Crippen LogP contribution in [0.3, 0.4) is 0 Å². The molecule has 5 nitrogen and oxygen atoms in total. The minimum atomic E-state index is -0.358. The highest BCUT2D eigenvalue weighted by atomic mass is 19.1. The molecule has 126 valence electrons. The predicted molar refractivity (Wildman–Crippen MR) is 91.9 cm³/mol. The first kappa shape index (κ1) is 16.6. The van der Waals surface area contributed by atoms with Crippen LogP contribution < -0.4 is 9.64 Å². The van der Waals surface area contributed by atoms with Crippen LogP contribution in [-0.4, -0.2) is 22.9 Å². The first-order valence-corrected chi connectivity index (χ1v) is 7.65. The number of carbonyl (C=O) groups is 1. The summed E-state index contributed by atoms with van der Waals surface area (Å²) in [5.41, 5.74) is 1.70. The third-order valence-corrected chi connectivity index (χ3v) is 3.64. The van der Waals surface area contributed by atoms with Gasteiger partial charge in [0, 0.05) is 31.3 Å². The van der Waals surface area contributed by atoms with Crippen LogP contribution in [-0.2, 0) is 6.61 Å². The molecule has 3 aromatic rings. The Bertz CT molecular complexity index is 854. The number of rotatable bonds is 5. The maximum absolute atomic E-state index is 13.1. The van der Waals surface area contributed by atoms with Crippen molar-refractivity contribution in [2.24, 2.45) is 0 Å². The van der Waals surface area contributed by atoms with Gasteiger partial charge in [0.2, 0.25) is 0 Å². The highest BCUT2D eigenvalue weighted by Gasteiger charge is 2.19. The molecule has 1 aromatic carbocycles. The molecule has 0 atom stereocenters. The Morgan fingerprint density at radius 3 is 2.52 bits per heavy atom. The number of hydrogen-bond acceptors (Lipinski definition) is 4. The van der Waals surface area contributed by atoms with Crippen LogP contribution in [0.2, 0.25) is 0 Å². The molecule has 0 saturated carbocycles. The van der Waals surface area contributed by atoms with Crippen LogP contribution in [0.5, 0.6) is 5.75 Å². The van der Waals surface area contributed by atoms with Gasteiger partial charge in [-0.15, -0.1) is 0 Å². The van der Waals surface area contributed by atoms with E-state index in [1.807, 2.05) is 12.1 Å². The van der Waals surface area contributed by atoms with Gasteiger partial charge >= 0.3 is 0 Å². The topological polar surface area (TPSA) is 55.3 Å². The fourth-order valence-corrected chi connectivity index (χ4v) is 2.25. The molecule has 25 heavy (non-hydrogen) atoms. The summed E-state index contributed by atoms with van der Waals surface area (Å²) in [6.07, 6.45) is 4.89. The Kier molecular flexibility index (Phi) is 4.99. The van der Waals surface area contributed by atoms with Gasteiger partial charge in [0.1, 0.15) is 12.4 Å². The van der Waals surface area contributed by atoms with Crippen molar-refractivity contribution in [3.63, 3.8) is 0 Å². The molecule has 0 N–H and O–H groups in total. The van der Waals surface area contributed by atoms with E-state index >= 15 is 0 Å². The molecule has 0 aliphatic carbocycles. The zero-order chi connectivity index (χ0) is 17.6. The van der Waals surface area contributed by atoms with Crippen LogP contribution in [0.25, 0.3) is 0 Å². The van der Waals surface area contributed by atoms with E-state index in [9.17, 15) is 9.18 Å². The molecule has 6 heteroatoms. The quantitative estimate of drug-likeness (QED) is 0.715. The molecular weight excluding hydrogens is 321 g/mol. The maximum atomic E-state index is 13.1. The Labute approximate surface area is 144 Å². The molecule has 0 spiro atoms. The van der Waals surface area contributed by atoms with Crippen LogP contribution in [0.4, 0.5) is 10.1 Å². The molecule has 2 aromatic heterocycles. The lowest BCUT2D eigenvalue weighted by Gasteiger charge is -2.18. The number of halogens is 1. The van der Waals surface area contributed by atoms with E-state index in [0.29, 0.717) is 18.0 Å². The summed E-state index contributed by atoms with van der Waals surface area (Å²) in [6, 6.07) is 12.7. The second kappa shape index (κ2) is 7.53. The normalized spacial score (nSPS) is 10.3. The molecule has 3 rings (SSSR count). The molecule has 0 aliphatic heterocycles. The van der Waals surface area contributed by atoms with Gasteiger partial charge in [0.25, 0.3) is 5.91 Å². The van der Waals surface area contributed by atoms with E-state index in [1.165, 1.54) is 35.4 Å². The van der Waals surface area contributed by atoms with Crippen molar-refractivity contribution in [2.75, 3.05) is 11.9 Å². The molecule has 0 bridgehead atoms. The summed E-state index contributed by atoms with van der Waals surface area (Å²) in [7, 11) is 1.61. The van der Waals surface area contributed by atoms with E-state index in [4.69, 9.17) is 4.74 Å². The SMILES string of the molecule is CN(C(=O)c1ncccc1OCc1ccncc1)c1ccc(F)cc1. The lowest BCUT2D eigenvalue weighted by atomic mass is 10.2. The minimum absolute atomic E-state index is 0.198. The first-order chi connectivity index (χ1) is 12.1. The number of pyridine rings is 2. The summed E-state index contributed by atoms with van der Waals surface area (Å²) >= 11 is 0. The monoisotopic (exact) mass is 337 g/mol. The van der Waals surface area contributed by atoms with Gasteiger partial charge in [0.15, 0.2) is 11.4 Å². The van der Waals surface area contributed by atoms with Gasteiger partial charge in [-0.2, -0.15) is 0 Å². The first-order valence-electron chi connectivity index (χ1n) is 7.65. The second-order valence-electron chi connectivity index (χ2n) is 5.33. The van der Waals surface area contributed by atoms with Crippen molar-refractivity contribution in [1.29, 1.82) is 0 Å². The Morgan fingerprint density at radius 2 is 1.80 bits per heavy atom. The lowest BCUT2D eigenvalue weighted by molar-refractivity contribution is 0.0983. The number of aromatic nitrogens is 2. The number of benzene rings is 1. The van der Waals surface area contributed by atoms with Crippen molar-refractivity contribution in [3.05, 3.63) is 84.2 Å². The minimum Gasteiger partial charge on any atom is -0.486 e. The van der Waals surface area contributed by atoms with Crippen molar-refractivity contribution in [2.45, 2.75) is 6.61 Å². The van der Waals surface area contributed by atoms with Crippen molar-refractivity contribution >= 4 is 11.6 Å². The fraction of sp³-hybridized carbons (Fsp3) is 0.105. The molecule has 0 aliphatic rings. The molecular formula is C19H16FN3O2. The number of nitrogens with zero attached hydrogens (tertiary/aromatic N) is 3. The lowest BCUT2D eigenvalue weighted by Crippen LogP contribution is -2.27. The zero-order valence-electron chi connectivity index (χ0n) is 13.6. The summed E-state index contributed by atoms with van der Waals surface area (Å²) in [4.78, 5) is 22.3. The Balaban J connectivity index is 1.79. The summed E-state index contributed by atoms with van der Waals surface area (Å²) < 4.78 is 18.8. The van der Waals surface area contributed by atoms with Gasteiger partial charge < -0.3 is 9.64 Å². The third kappa shape index (κ3) is 3.98. The van der Waals surface area contributed by atoms with Crippen LogP contribution in [0.1, 0.15) is 16.1 Å². The fourth-order valence-electron chi connectivity index (χ4n) is 2.25. The van der Waals surface area contributed by atoms with Crippen molar-refractivity contribution in [3.8, 4) is 5.75 Å². The average molecular weight is 337 g/mol. The van der Waals surface area contributed by atoms with E-state index in [-0.39, 0.29) is 17.4 Å². The van der Waals surface area contributed by atoms with Gasteiger partial charge in [-0.1, -0.05) is 0 Å². The molecule has 0 fully saturated rings. The zero-order valence-corrected chi connectivity index (χ0v) is 13.6.